The first kappa shape index (κ1) is 13.7. The predicted octanol–water partition coefficient (Wildman–Crippen LogP) is 1.54. The molecule has 1 atom stereocenters. The second-order valence-electron chi connectivity index (χ2n) is 4.64. The minimum atomic E-state index is -0.810. The Kier molecular flexibility index (Phi) is 4.27. The van der Waals surface area contributed by atoms with Crippen LogP contribution in [-0.2, 0) is 4.79 Å². The van der Waals surface area contributed by atoms with Crippen LogP contribution >= 0.6 is 0 Å². The number of hydrogen-bond acceptors (Lipinski definition) is 4. The molecule has 0 aliphatic carbocycles. The van der Waals surface area contributed by atoms with Crippen LogP contribution in [0.4, 0.5) is 0 Å². The summed E-state index contributed by atoms with van der Waals surface area (Å²) in [4.78, 5) is 11.4. The average molecular weight is 265 g/mol. The van der Waals surface area contributed by atoms with E-state index in [2.05, 4.69) is 5.32 Å². The van der Waals surface area contributed by atoms with Crippen LogP contribution in [-0.4, -0.2) is 37.9 Å². The van der Waals surface area contributed by atoms with Gasteiger partial charge in [0.2, 0.25) is 0 Å². The van der Waals surface area contributed by atoms with Gasteiger partial charge in [0.25, 0.3) is 0 Å². The van der Waals surface area contributed by atoms with Gasteiger partial charge in [0, 0.05) is 0 Å². The summed E-state index contributed by atoms with van der Waals surface area (Å²) in [6.07, 6.45) is 0.548. The van der Waals surface area contributed by atoms with Gasteiger partial charge < -0.3 is 19.9 Å². The molecule has 0 amide bonds. The van der Waals surface area contributed by atoms with E-state index in [0.29, 0.717) is 37.7 Å². The molecule has 1 aliphatic rings. The van der Waals surface area contributed by atoms with E-state index in [0.717, 1.165) is 11.1 Å². The number of hydrogen-bond donors (Lipinski definition) is 2. The van der Waals surface area contributed by atoms with Gasteiger partial charge in [0.05, 0.1) is 5.92 Å². The van der Waals surface area contributed by atoms with E-state index in [1.54, 1.807) is 6.07 Å². The molecule has 0 spiro atoms. The van der Waals surface area contributed by atoms with Crippen molar-refractivity contribution in [1.82, 2.24) is 5.32 Å². The van der Waals surface area contributed by atoms with Crippen molar-refractivity contribution in [1.29, 1.82) is 0 Å². The Morgan fingerprint density at radius 1 is 1.37 bits per heavy atom. The minimum Gasteiger partial charge on any atom is -0.486 e. The van der Waals surface area contributed by atoms with Crippen LogP contribution < -0.4 is 14.8 Å². The maximum absolute atomic E-state index is 11.4. The SMILES string of the molecule is CNCCC(C(=O)O)c1cc2c(cc1C)OCCO2. The van der Waals surface area contributed by atoms with Gasteiger partial charge >= 0.3 is 5.97 Å². The Labute approximate surface area is 112 Å². The van der Waals surface area contributed by atoms with E-state index < -0.39 is 11.9 Å². The van der Waals surface area contributed by atoms with Gasteiger partial charge in [-0.25, -0.2) is 0 Å². The van der Waals surface area contributed by atoms with Gasteiger partial charge in [-0.3, -0.25) is 4.79 Å². The van der Waals surface area contributed by atoms with Crippen LogP contribution in [0, 0.1) is 6.92 Å². The van der Waals surface area contributed by atoms with Gasteiger partial charge in [-0.05, 0) is 50.2 Å². The number of fused-ring (bicyclic) bond motifs is 1. The summed E-state index contributed by atoms with van der Waals surface area (Å²) in [6, 6.07) is 3.66. The van der Waals surface area contributed by atoms with Crippen LogP contribution in [0.1, 0.15) is 23.5 Å². The lowest BCUT2D eigenvalue weighted by Gasteiger charge is -2.22. The Hall–Kier alpha value is -1.75. The summed E-state index contributed by atoms with van der Waals surface area (Å²) in [5.41, 5.74) is 1.72. The topological polar surface area (TPSA) is 67.8 Å². The van der Waals surface area contributed by atoms with Crippen molar-refractivity contribution in [2.24, 2.45) is 0 Å². The molecule has 1 aliphatic heterocycles. The Morgan fingerprint density at radius 3 is 2.58 bits per heavy atom. The van der Waals surface area contributed by atoms with Crippen molar-refractivity contribution >= 4 is 5.97 Å². The maximum Gasteiger partial charge on any atom is 0.311 e. The van der Waals surface area contributed by atoms with Crippen LogP contribution in [0.3, 0.4) is 0 Å². The summed E-state index contributed by atoms with van der Waals surface area (Å²) in [6.45, 7) is 3.60. The van der Waals surface area contributed by atoms with E-state index >= 15 is 0 Å². The van der Waals surface area contributed by atoms with Gasteiger partial charge in [-0.15, -0.1) is 0 Å². The largest absolute Gasteiger partial charge is 0.486 e. The number of carboxylic acids is 1. The quantitative estimate of drug-likeness (QED) is 0.845. The fraction of sp³-hybridized carbons (Fsp3) is 0.500. The highest BCUT2D eigenvalue weighted by atomic mass is 16.6. The molecule has 0 radical (unpaired) electrons. The zero-order valence-corrected chi connectivity index (χ0v) is 11.2. The number of rotatable bonds is 5. The number of aliphatic carboxylic acids is 1. The molecule has 1 unspecified atom stereocenters. The predicted molar refractivity (Wildman–Crippen MR) is 71.1 cm³/mol. The molecule has 0 saturated heterocycles. The molecule has 2 rings (SSSR count). The van der Waals surface area contributed by atoms with Crippen molar-refractivity contribution in [2.45, 2.75) is 19.3 Å². The summed E-state index contributed by atoms with van der Waals surface area (Å²) in [7, 11) is 1.82. The third-order valence-corrected chi connectivity index (χ3v) is 3.29. The first-order chi connectivity index (χ1) is 9.13. The van der Waals surface area contributed by atoms with E-state index in [1.165, 1.54) is 0 Å². The molecule has 2 N–H and O–H groups in total. The molecular formula is C14H19NO4. The fourth-order valence-corrected chi connectivity index (χ4v) is 2.28. The third kappa shape index (κ3) is 2.98. The van der Waals surface area contributed by atoms with Crippen molar-refractivity contribution in [3.05, 3.63) is 23.3 Å². The van der Waals surface area contributed by atoms with Gasteiger partial charge in [0.1, 0.15) is 13.2 Å². The molecule has 104 valence electrons. The first-order valence-corrected chi connectivity index (χ1v) is 6.41. The summed E-state index contributed by atoms with van der Waals surface area (Å²) >= 11 is 0. The van der Waals surface area contributed by atoms with Gasteiger partial charge in [-0.1, -0.05) is 0 Å². The lowest BCUT2D eigenvalue weighted by molar-refractivity contribution is -0.138. The smallest absolute Gasteiger partial charge is 0.311 e. The molecule has 0 saturated carbocycles. The molecule has 1 heterocycles. The van der Waals surface area contributed by atoms with Crippen LogP contribution in [0.25, 0.3) is 0 Å². The number of carboxylic acid groups (broad SMARTS) is 1. The standard InChI is InChI=1S/C14H19NO4/c1-9-7-12-13(19-6-5-18-12)8-11(9)10(14(16)17)3-4-15-2/h7-8,10,15H,3-6H2,1-2H3,(H,16,17). The van der Waals surface area contributed by atoms with Crippen molar-refractivity contribution in [3.63, 3.8) is 0 Å². The van der Waals surface area contributed by atoms with Gasteiger partial charge in [-0.2, -0.15) is 0 Å². The lowest BCUT2D eigenvalue weighted by atomic mass is 9.91. The summed E-state index contributed by atoms with van der Waals surface area (Å²) < 4.78 is 11.0. The Balaban J connectivity index is 2.33. The molecule has 19 heavy (non-hydrogen) atoms. The van der Waals surface area contributed by atoms with Crippen molar-refractivity contribution < 1.29 is 19.4 Å². The maximum atomic E-state index is 11.4. The van der Waals surface area contributed by atoms with Crippen LogP contribution in [0.15, 0.2) is 12.1 Å². The highest BCUT2D eigenvalue weighted by molar-refractivity contribution is 5.77. The van der Waals surface area contributed by atoms with E-state index in [9.17, 15) is 9.90 Å². The zero-order valence-electron chi connectivity index (χ0n) is 11.2. The first-order valence-electron chi connectivity index (χ1n) is 6.41. The second kappa shape index (κ2) is 5.93. The van der Waals surface area contributed by atoms with E-state index in [4.69, 9.17) is 9.47 Å². The number of carbonyl (C=O) groups is 1. The van der Waals surface area contributed by atoms with Crippen molar-refractivity contribution in [2.75, 3.05) is 26.8 Å². The second-order valence-corrected chi connectivity index (χ2v) is 4.64. The lowest BCUT2D eigenvalue weighted by Crippen LogP contribution is -2.20. The number of benzene rings is 1. The Bertz CT molecular complexity index is 473. The molecule has 5 heteroatoms. The van der Waals surface area contributed by atoms with Crippen molar-refractivity contribution in [3.8, 4) is 11.5 Å². The number of nitrogens with one attached hydrogen (secondary N) is 1. The van der Waals surface area contributed by atoms with Gasteiger partial charge in [0.15, 0.2) is 11.5 Å². The van der Waals surface area contributed by atoms with E-state index in [-0.39, 0.29) is 0 Å². The fourth-order valence-electron chi connectivity index (χ4n) is 2.28. The molecule has 1 aromatic carbocycles. The molecule has 0 aromatic heterocycles. The third-order valence-electron chi connectivity index (χ3n) is 3.29. The molecule has 0 fully saturated rings. The zero-order chi connectivity index (χ0) is 13.8. The highest BCUT2D eigenvalue weighted by Gasteiger charge is 2.24. The normalized spacial score (nSPS) is 15.1. The Morgan fingerprint density at radius 2 is 2.00 bits per heavy atom. The molecule has 0 bridgehead atoms. The summed E-state index contributed by atoms with van der Waals surface area (Å²) in [5.74, 6) is 0.00566. The molecular weight excluding hydrogens is 246 g/mol. The number of ether oxygens (including phenoxy) is 2. The van der Waals surface area contributed by atoms with Crippen LogP contribution in [0.5, 0.6) is 11.5 Å². The summed E-state index contributed by atoms with van der Waals surface area (Å²) in [5, 5.41) is 12.4. The minimum absolute atomic E-state index is 0.504. The van der Waals surface area contributed by atoms with E-state index in [1.807, 2.05) is 20.0 Å². The highest BCUT2D eigenvalue weighted by Crippen LogP contribution is 2.36. The molecule has 1 aromatic rings. The number of aryl methyl sites for hydroxylation is 1. The monoisotopic (exact) mass is 265 g/mol. The van der Waals surface area contributed by atoms with Crippen LogP contribution in [0.2, 0.25) is 0 Å². The molecule has 5 nitrogen and oxygen atoms in total. The average Bonchev–Trinajstić information content (AvgIpc) is 2.39.